The molecule has 1 atom stereocenters. The van der Waals surface area contributed by atoms with Crippen molar-refractivity contribution in [2.24, 2.45) is 0 Å². The fourth-order valence-corrected chi connectivity index (χ4v) is 7.27. The average Bonchev–Trinajstić information content (AvgIpc) is 2.28. The lowest BCUT2D eigenvalue weighted by molar-refractivity contribution is 0.284. The fraction of sp³-hybridized carbons (Fsp3) is 0.455. The lowest BCUT2D eigenvalue weighted by Crippen LogP contribution is -2.33. The highest BCUT2D eigenvalue weighted by atomic mass is 32.5. The molecular weight excluding hydrogens is 289 g/mol. The lowest BCUT2D eigenvalue weighted by atomic mass is 10.2. The smallest absolute Gasteiger partial charge is 0.248 e. The van der Waals surface area contributed by atoms with E-state index in [1.807, 2.05) is 6.92 Å². The highest BCUT2D eigenvalue weighted by Gasteiger charge is 2.36. The van der Waals surface area contributed by atoms with E-state index in [4.69, 9.17) is 16.3 Å². The van der Waals surface area contributed by atoms with Crippen molar-refractivity contribution >= 4 is 28.2 Å². The lowest BCUT2D eigenvalue weighted by Gasteiger charge is -2.34. The van der Waals surface area contributed by atoms with Gasteiger partial charge in [0, 0.05) is 13.2 Å². The minimum atomic E-state index is -3.53. The third kappa shape index (κ3) is 2.68. The second-order valence-corrected chi connectivity index (χ2v) is 10.9. The molecule has 1 unspecified atom stereocenters. The topological polar surface area (TPSA) is 46.6 Å². The van der Waals surface area contributed by atoms with Gasteiger partial charge in [-0.2, -0.15) is 0 Å². The number of sulfonamides is 1. The van der Waals surface area contributed by atoms with Crippen LogP contribution in [0.15, 0.2) is 29.2 Å². The Bertz CT molecular complexity index is 583. The van der Waals surface area contributed by atoms with Crippen molar-refractivity contribution < 1.29 is 12.9 Å². The van der Waals surface area contributed by atoms with Crippen molar-refractivity contribution in [3.8, 4) is 0 Å². The highest BCUT2D eigenvalue weighted by Crippen LogP contribution is 2.52. The van der Waals surface area contributed by atoms with Crippen LogP contribution in [0.4, 0.5) is 0 Å². The Balaban J connectivity index is 2.42. The Hall–Kier alpha value is -0.260. The maximum atomic E-state index is 12.5. The van der Waals surface area contributed by atoms with Gasteiger partial charge in [0.2, 0.25) is 10.0 Å². The van der Waals surface area contributed by atoms with Crippen molar-refractivity contribution in [1.29, 1.82) is 0 Å². The van der Waals surface area contributed by atoms with Gasteiger partial charge in [0.1, 0.15) is 6.42 Å². The van der Waals surface area contributed by atoms with E-state index in [1.165, 1.54) is 4.08 Å². The van der Waals surface area contributed by atoms with Gasteiger partial charge in [-0.15, -0.1) is 4.08 Å². The molecule has 1 aliphatic rings. The molecule has 1 aliphatic heterocycles. The van der Waals surface area contributed by atoms with Gasteiger partial charge in [-0.25, -0.2) is 8.42 Å². The maximum Gasteiger partial charge on any atom is 0.248 e. The SMILES string of the molecule is Cc1ccc(S(=O)(=O)N2CCCOP2(C)=S)cc1. The number of rotatable bonds is 2. The number of nitrogens with zero attached hydrogens (tertiary/aromatic N) is 1. The summed E-state index contributed by atoms with van der Waals surface area (Å²) in [5, 5.41) is 0. The van der Waals surface area contributed by atoms with Crippen LogP contribution in [-0.2, 0) is 26.4 Å². The quantitative estimate of drug-likeness (QED) is 0.787. The first-order valence-electron chi connectivity index (χ1n) is 5.66. The molecule has 0 aromatic heterocycles. The van der Waals surface area contributed by atoms with Crippen LogP contribution in [0.5, 0.6) is 0 Å². The van der Waals surface area contributed by atoms with E-state index in [9.17, 15) is 8.42 Å². The molecule has 2 rings (SSSR count). The zero-order chi connectivity index (χ0) is 13.4. The minimum absolute atomic E-state index is 0.287. The van der Waals surface area contributed by atoms with E-state index in [-0.39, 0.29) is 4.90 Å². The predicted molar refractivity (Wildman–Crippen MR) is 75.8 cm³/mol. The summed E-state index contributed by atoms with van der Waals surface area (Å²) in [6.07, 6.45) is -1.73. The van der Waals surface area contributed by atoms with Gasteiger partial charge in [-0.05, 0) is 37.3 Å². The van der Waals surface area contributed by atoms with E-state index in [2.05, 4.69) is 0 Å². The zero-order valence-corrected chi connectivity index (χ0v) is 12.9. The Morgan fingerprint density at radius 1 is 1.33 bits per heavy atom. The molecule has 1 heterocycles. The first-order valence-corrected chi connectivity index (χ1v) is 10.2. The van der Waals surface area contributed by atoms with Gasteiger partial charge in [0.05, 0.1) is 11.5 Å². The summed E-state index contributed by atoms with van der Waals surface area (Å²) >= 11 is 5.33. The number of hydrogen-bond acceptors (Lipinski definition) is 4. The average molecular weight is 305 g/mol. The molecule has 0 aliphatic carbocycles. The first-order chi connectivity index (χ1) is 8.34. The molecular formula is C11H16NO3PS2. The third-order valence-electron chi connectivity index (χ3n) is 2.83. The molecule has 7 heteroatoms. The van der Waals surface area contributed by atoms with Crippen molar-refractivity contribution in [1.82, 2.24) is 4.08 Å². The Morgan fingerprint density at radius 3 is 2.50 bits per heavy atom. The summed E-state index contributed by atoms with van der Waals surface area (Å²) in [6, 6.07) is 6.82. The van der Waals surface area contributed by atoms with Gasteiger partial charge in [-0.3, -0.25) is 0 Å². The van der Waals surface area contributed by atoms with Gasteiger partial charge >= 0.3 is 0 Å². The minimum Gasteiger partial charge on any atom is -0.337 e. The van der Waals surface area contributed by atoms with Crippen LogP contribution < -0.4 is 0 Å². The molecule has 4 nitrogen and oxygen atoms in total. The van der Waals surface area contributed by atoms with E-state index >= 15 is 0 Å². The van der Waals surface area contributed by atoms with Gasteiger partial charge in [0.25, 0.3) is 0 Å². The first kappa shape index (κ1) is 14.2. The summed E-state index contributed by atoms with van der Waals surface area (Å²) in [6.45, 7) is 4.63. The monoisotopic (exact) mass is 305 g/mol. The molecule has 0 spiro atoms. The van der Waals surface area contributed by atoms with E-state index in [0.717, 1.165) is 5.56 Å². The number of hydrogen-bond donors (Lipinski definition) is 0. The molecule has 1 fully saturated rings. The van der Waals surface area contributed by atoms with Crippen LogP contribution in [0.1, 0.15) is 12.0 Å². The molecule has 1 aromatic rings. The van der Waals surface area contributed by atoms with E-state index in [0.29, 0.717) is 19.6 Å². The molecule has 1 saturated heterocycles. The summed E-state index contributed by atoms with van der Waals surface area (Å²) in [7, 11) is -3.53. The second kappa shape index (κ2) is 5.02. The Labute approximate surface area is 113 Å². The van der Waals surface area contributed by atoms with Crippen LogP contribution >= 0.6 is 6.42 Å². The number of benzene rings is 1. The van der Waals surface area contributed by atoms with E-state index in [1.54, 1.807) is 30.9 Å². The highest BCUT2D eigenvalue weighted by molar-refractivity contribution is 8.15. The molecule has 100 valence electrons. The van der Waals surface area contributed by atoms with Crippen molar-refractivity contribution in [2.75, 3.05) is 19.8 Å². The van der Waals surface area contributed by atoms with Gasteiger partial charge < -0.3 is 4.52 Å². The number of aryl methyl sites for hydroxylation is 1. The van der Waals surface area contributed by atoms with Crippen LogP contribution in [-0.4, -0.2) is 32.3 Å². The Kier molecular flexibility index (Phi) is 3.95. The summed E-state index contributed by atoms with van der Waals surface area (Å²) < 4.78 is 31.9. The standard InChI is InChI=1S/C11H16NO3PS2/c1-10-4-6-11(7-5-10)18(13,14)12-8-3-9-15-16(12,2)17/h4-7H,3,8-9H2,1-2H3. The molecule has 0 bridgehead atoms. The normalized spacial score (nSPS) is 26.1. The summed E-state index contributed by atoms with van der Waals surface area (Å²) in [4.78, 5) is 0.287. The predicted octanol–water partition coefficient (Wildman–Crippen LogP) is 2.35. The molecule has 0 saturated carbocycles. The third-order valence-corrected chi connectivity index (χ3v) is 8.90. The van der Waals surface area contributed by atoms with Crippen LogP contribution in [0.2, 0.25) is 0 Å². The molecule has 0 N–H and O–H groups in total. The zero-order valence-electron chi connectivity index (χ0n) is 10.4. The van der Waals surface area contributed by atoms with Crippen LogP contribution in [0.25, 0.3) is 0 Å². The maximum absolute atomic E-state index is 12.5. The van der Waals surface area contributed by atoms with Crippen LogP contribution in [0.3, 0.4) is 0 Å². The van der Waals surface area contributed by atoms with Crippen molar-refractivity contribution in [3.63, 3.8) is 0 Å². The molecule has 1 aromatic carbocycles. The van der Waals surface area contributed by atoms with Crippen molar-refractivity contribution in [2.45, 2.75) is 18.2 Å². The fourth-order valence-electron chi connectivity index (χ4n) is 1.83. The largest absolute Gasteiger partial charge is 0.337 e. The molecule has 18 heavy (non-hydrogen) atoms. The Morgan fingerprint density at radius 2 is 1.94 bits per heavy atom. The van der Waals surface area contributed by atoms with Gasteiger partial charge in [-0.1, -0.05) is 17.7 Å². The van der Waals surface area contributed by atoms with Crippen molar-refractivity contribution in [3.05, 3.63) is 29.8 Å². The second-order valence-electron chi connectivity index (χ2n) is 4.35. The van der Waals surface area contributed by atoms with Crippen LogP contribution in [0, 0.1) is 6.92 Å². The molecule has 0 amide bonds. The summed E-state index contributed by atoms with van der Waals surface area (Å²) in [5.41, 5.74) is 1.03. The summed E-state index contributed by atoms with van der Waals surface area (Å²) in [5.74, 6) is 0. The molecule has 0 radical (unpaired) electrons. The van der Waals surface area contributed by atoms with Gasteiger partial charge in [0.15, 0.2) is 0 Å². The van der Waals surface area contributed by atoms with E-state index < -0.39 is 16.4 Å².